The van der Waals surface area contributed by atoms with E-state index in [9.17, 15) is 14.5 Å². The van der Waals surface area contributed by atoms with Crippen LogP contribution >= 0.6 is 0 Å². The van der Waals surface area contributed by atoms with Crippen LogP contribution < -0.4 is 10.1 Å². The molecular formula is C14H17FN2O3. The topological polar surface area (TPSA) is 64.4 Å². The van der Waals surface area contributed by atoms with E-state index in [1.54, 1.807) is 0 Å². The summed E-state index contributed by atoms with van der Waals surface area (Å²) in [5.41, 5.74) is -0.0477. The number of anilines is 1. The number of nitro benzene ring substituents is 1. The molecule has 2 aliphatic rings. The first-order valence-corrected chi connectivity index (χ1v) is 6.87. The van der Waals surface area contributed by atoms with Crippen molar-refractivity contribution in [1.29, 1.82) is 0 Å². The minimum absolute atomic E-state index is 0.0852. The van der Waals surface area contributed by atoms with Crippen LogP contribution in [-0.2, 0) is 0 Å². The molecule has 0 aliphatic heterocycles. The predicted molar refractivity (Wildman–Crippen MR) is 72.5 cm³/mol. The van der Waals surface area contributed by atoms with Crippen molar-refractivity contribution in [3.8, 4) is 5.75 Å². The summed E-state index contributed by atoms with van der Waals surface area (Å²) in [5.74, 6) is 0.837. The SMILES string of the molecule is COc1cc(NC2CC3CCC2C3)c(F)cc1[N+](=O)[O-]. The third-order valence-corrected chi connectivity index (χ3v) is 4.54. The first kappa shape index (κ1) is 13.1. The van der Waals surface area contributed by atoms with E-state index in [-0.39, 0.29) is 17.5 Å². The van der Waals surface area contributed by atoms with E-state index >= 15 is 0 Å². The maximum atomic E-state index is 14.0. The van der Waals surface area contributed by atoms with Gasteiger partial charge < -0.3 is 10.1 Å². The average molecular weight is 280 g/mol. The van der Waals surface area contributed by atoms with Crippen molar-refractivity contribution in [3.63, 3.8) is 0 Å². The van der Waals surface area contributed by atoms with Crippen molar-refractivity contribution in [3.05, 3.63) is 28.1 Å². The second kappa shape index (κ2) is 4.92. The van der Waals surface area contributed by atoms with Gasteiger partial charge in [0.1, 0.15) is 0 Å². The summed E-state index contributed by atoms with van der Waals surface area (Å²) >= 11 is 0. The van der Waals surface area contributed by atoms with Gasteiger partial charge in [0, 0.05) is 12.1 Å². The van der Waals surface area contributed by atoms with Crippen LogP contribution in [0.1, 0.15) is 25.7 Å². The Morgan fingerprint density at radius 3 is 2.75 bits per heavy atom. The zero-order chi connectivity index (χ0) is 14.3. The van der Waals surface area contributed by atoms with E-state index < -0.39 is 10.7 Å². The van der Waals surface area contributed by atoms with Crippen molar-refractivity contribution in [1.82, 2.24) is 0 Å². The smallest absolute Gasteiger partial charge is 0.313 e. The number of hydrogen-bond acceptors (Lipinski definition) is 4. The van der Waals surface area contributed by atoms with E-state index in [1.165, 1.54) is 32.4 Å². The first-order valence-electron chi connectivity index (χ1n) is 6.87. The number of methoxy groups -OCH3 is 1. The van der Waals surface area contributed by atoms with Crippen LogP contribution in [-0.4, -0.2) is 18.1 Å². The predicted octanol–water partition coefficient (Wildman–Crippen LogP) is 3.34. The number of hydrogen-bond donors (Lipinski definition) is 1. The zero-order valence-electron chi connectivity index (χ0n) is 11.3. The lowest BCUT2D eigenvalue weighted by atomic mass is 9.95. The fourth-order valence-electron chi connectivity index (χ4n) is 3.58. The third kappa shape index (κ3) is 2.19. The maximum absolute atomic E-state index is 14.0. The Balaban J connectivity index is 1.84. The molecular weight excluding hydrogens is 263 g/mol. The lowest BCUT2D eigenvalue weighted by molar-refractivity contribution is -0.385. The fraction of sp³-hybridized carbons (Fsp3) is 0.571. The van der Waals surface area contributed by atoms with Crippen molar-refractivity contribution in [2.75, 3.05) is 12.4 Å². The molecule has 0 heterocycles. The Kier molecular flexibility index (Phi) is 3.23. The number of nitro groups is 1. The molecule has 0 spiro atoms. The summed E-state index contributed by atoms with van der Waals surface area (Å²) in [7, 11) is 1.35. The molecule has 3 atom stereocenters. The highest BCUT2D eigenvalue weighted by molar-refractivity contribution is 5.59. The average Bonchev–Trinajstić information content (AvgIpc) is 3.02. The molecule has 3 rings (SSSR count). The molecule has 2 bridgehead atoms. The first-order chi connectivity index (χ1) is 9.58. The zero-order valence-corrected chi connectivity index (χ0v) is 11.3. The largest absolute Gasteiger partial charge is 0.490 e. The molecule has 2 saturated carbocycles. The second-order valence-electron chi connectivity index (χ2n) is 5.69. The van der Waals surface area contributed by atoms with Gasteiger partial charge in [-0.15, -0.1) is 0 Å². The summed E-state index contributed by atoms with van der Waals surface area (Å²) in [6, 6.07) is 2.59. The molecule has 3 unspecified atom stereocenters. The van der Waals surface area contributed by atoms with Gasteiger partial charge in [-0.25, -0.2) is 4.39 Å². The van der Waals surface area contributed by atoms with Gasteiger partial charge in [0.15, 0.2) is 11.6 Å². The lowest BCUT2D eigenvalue weighted by Gasteiger charge is -2.24. The molecule has 2 aliphatic carbocycles. The van der Waals surface area contributed by atoms with Crippen LogP contribution in [0.4, 0.5) is 15.8 Å². The summed E-state index contributed by atoms with van der Waals surface area (Å²) in [5, 5.41) is 14.0. The third-order valence-electron chi connectivity index (χ3n) is 4.54. The molecule has 1 aromatic carbocycles. The van der Waals surface area contributed by atoms with Gasteiger partial charge in [-0.2, -0.15) is 0 Å². The number of fused-ring (bicyclic) bond motifs is 2. The van der Waals surface area contributed by atoms with E-state index in [2.05, 4.69) is 5.32 Å². The molecule has 108 valence electrons. The molecule has 1 N–H and O–H groups in total. The molecule has 5 nitrogen and oxygen atoms in total. The fourth-order valence-corrected chi connectivity index (χ4v) is 3.58. The normalized spacial score (nSPS) is 27.6. The molecule has 0 amide bonds. The van der Waals surface area contributed by atoms with Crippen LogP contribution in [0.15, 0.2) is 12.1 Å². The molecule has 2 fully saturated rings. The Morgan fingerprint density at radius 1 is 1.40 bits per heavy atom. The molecule has 6 heteroatoms. The molecule has 1 aromatic rings. The van der Waals surface area contributed by atoms with Gasteiger partial charge in [-0.3, -0.25) is 10.1 Å². The van der Waals surface area contributed by atoms with Gasteiger partial charge in [0.2, 0.25) is 0 Å². The Labute approximate surface area is 116 Å². The molecule has 0 aromatic heterocycles. The number of halogens is 1. The monoisotopic (exact) mass is 280 g/mol. The Morgan fingerprint density at radius 2 is 2.20 bits per heavy atom. The second-order valence-corrected chi connectivity index (χ2v) is 5.69. The minimum Gasteiger partial charge on any atom is -0.490 e. The van der Waals surface area contributed by atoms with E-state index in [4.69, 9.17) is 4.74 Å². The number of rotatable bonds is 4. The van der Waals surface area contributed by atoms with Crippen LogP contribution in [0.5, 0.6) is 5.75 Å². The van der Waals surface area contributed by atoms with Crippen LogP contribution in [0.2, 0.25) is 0 Å². The van der Waals surface area contributed by atoms with Crippen molar-refractivity contribution in [2.45, 2.75) is 31.7 Å². The van der Waals surface area contributed by atoms with E-state index in [1.807, 2.05) is 0 Å². The van der Waals surface area contributed by atoms with E-state index in [0.29, 0.717) is 11.6 Å². The Hall–Kier alpha value is -1.85. The van der Waals surface area contributed by atoms with Crippen LogP contribution in [0.25, 0.3) is 0 Å². The highest BCUT2D eigenvalue weighted by Gasteiger charge is 2.39. The van der Waals surface area contributed by atoms with Crippen molar-refractivity contribution >= 4 is 11.4 Å². The summed E-state index contributed by atoms with van der Waals surface area (Å²) < 4.78 is 19.0. The van der Waals surface area contributed by atoms with Crippen molar-refractivity contribution < 1.29 is 14.1 Å². The maximum Gasteiger partial charge on any atom is 0.313 e. The molecule has 0 saturated heterocycles. The number of benzene rings is 1. The number of nitrogens with one attached hydrogen (secondary N) is 1. The number of nitrogens with zero attached hydrogens (tertiary/aromatic N) is 1. The minimum atomic E-state index is -0.636. The standard InChI is InChI=1S/C14H17FN2O3/c1-20-14-7-12(10(15)6-13(14)17(18)19)16-11-5-8-2-3-9(11)4-8/h6-9,11,16H,2-5H2,1H3. The van der Waals surface area contributed by atoms with Gasteiger partial charge in [-0.05, 0) is 31.1 Å². The van der Waals surface area contributed by atoms with E-state index in [0.717, 1.165) is 18.4 Å². The van der Waals surface area contributed by atoms with Crippen molar-refractivity contribution in [2.24, 2.45) is 11.8 Å². The number of ether oxygens (including phenoxy) is 1. The van der Waals surface area contributed by atoms with Crippen LogP contribution in [0.3, 0.4) is 0 Å². The summed E-state index contributed by atoms with van der Waals surface area (Å²) in [6.45, 7) is 0. The molecule has 0 radical (unpaired) electrons. The van der Waals surface area contributed by atoms with Crippen LogP contribution in [0, 0.1) is 27.8 Å². The summed E-state index contributed by atoms with van der Waals surface area (Å²) in [6.07, 6.45) is 4.73. The molecule has 20 heavy (non-hydrogen) atoms. The Bertz CT molecular complexity index is 549. The highest BCUT2D eigenvalue weighted by Crippen LogP contribution is 2.46. The van der Waals surface area contributed by atoms with Gasteiger partial charge in [-0.1, -0.05) is 6.42 Å². The van der Waals surface area contributed by atoms with Gasteiger partial charge in [0.25, 0.3) is 0 Å². The quantitative estimate of drug-likeness (QED) is 0.678. The van der Waals surface area contributed by atoms with Gasteiger partial charge >= 0.3 is 5.69 Å². The highest BCUT2D eigenvalue weighted by atomic mass is 19.1. The lowest BCUT2D eigenvalue weighted by Crippen LogP contribution is -2.26. The van der Waals surface area contributed by atoms with Gasteiger partial charge in [0.05, 0.1) is 23.8 Å². The summed E-state index contributed by atoms with van der Waals surface area (Å²) in [4.78, 5) is 10.2.